The maximum atomic E-state index is 12.0. The summed E-state index contributed by atoms with van der Waals surface area (Å²) < 4.78 is 0. The Bertz CT molecular complexity index is 464. The number of amides is 1. The quantitative estimate of drug-likeness (QED) is 0.841. The van der Waals surface area contributed by atoms with Crippen LogP contribution in [0.1, 0.15) is 46.0 Å². The van der Waals surface area contributed by atoms with Gasteiger partial charge in [-0.3, -0.25) is 14.5 Å². The maximum Gasteiger partial charge on any atom is 0.261 e. The fraction of sp³-hybridized carbons (Fsp3) is 0.571. The highest BCUT2D eigenvalue weighted by Gasteiger charge is 2.19. The lowest BCUT2D eigenvalue weighted by molar-refractivity contribution is 0.0944. The van der Waals surface area contributed by atoms with Crippen LogP contribution in [-0.4, -0.2) is 42.3 Å². The molecule has 1 aliphatic rings. The zero-order valence-corrected chi connectivity index (χ0v) is 12.3. The SMILES string of the molecule is CC(=O)c1ccc(C(=O)NC[C@H](C)N2CCCC2)s1. The zero-order valence-electron chi connectivity index (χ0n) is 11.4. The van der Waals surface area contributed by atoms with Crippen LogP contribution in [0.2, 0.25) is 0 Å². The highest BCUT2D eigenvalue weighted by Crippen LogP contribution is 2.17. The predicted molar refractivity (Wildman–Crippen MR) is 76.9 cm³/mol. The van der Waals surface area contributed by atoms with E-state index in [2.05, 4.69) is 17.1 Å². The Balaban J connectivity index is 1.84. The van der Waals surface area contributed by atoms with E-state index >= 15 is 0 Å². The molecule has 1 atom stereocenters. The predicted octanol–water partition coefficient (Wildman–Crippen LogP) is 2.16. The second-order valence-electron chi connectivity index (χ2n) is 5.02. The highest BCUT2D eigenvalue weighted by molar-refractivity contribution is 7.15. The summed E-state index contributed by atoms with van der Waals surface area (Å²) in [4.78, 5) is 26.8. The molecular formula is C14H20N2O2S. The van der Waals surface area contributed by atoms with Crippen molar-refractivity contribution >= 4 is 23.0 Å². The summed E-state index contributed by atoms with van der Waals surface area (Å²) in [5, 5.41) is 2.95. The van der Waals surface area contributed by atoms with Gasteiger partial charge in [-0.15, -0.1) is 11.3 Å². The van der Waals surface area contributed by atoms with E-state index in [1.807, 2.05) is 0 Å². The van der Waals surface area contributed by atoms with E-state index in [9.17, 15) is 9.59 Å². The summed E-state index contributed by atoms with van der Waals surface area (Å²) in [6.45, 7) is 6.57. The lowest BCUT2D eigenvalue weighted by Gasteiger charge is -2.23. The Morgan fingerprint density at radius 1 is 1.32 bits per heavy atom. The molecule has 1 saturated heterocycles. The number of hydrogen-bond donors (Lipinski definition) is 1. The number of carbonyl (C=O) groups is 2. The number of likely N-dealkylation sites (tertiary alicyclic amines) is 1. The average molecular weight is 280 g/mol. The molecule has 0 radical (unpaired) electrons. The molecule has 1 aromatic rings. The van der Waals surface area contributed by atoms with Crippen molar-refractivity contribution < 1.29 is 9.59 Å². The lowest BCUT2D eigenvalue weighted by atomic mass is 10.3. The van der Waals surface area contributed by atoms with E-state index in [4.69, 9.17) is 0 Å². The molecule has 4 nitrogen and oxygen atoms in total. The van der Waals surface area contributed by atoms with Gasteiger partial charge in [0.05, 0.1) is 9.75 Å². The first-order chi connectivity index (χ1) is 9.08. The Hall–Kier alpha value is -1.20. The van der Waals surface area contributed by atoms with Gasteiger partial charge in [0.1, 0.15) is 0 Å². The minimum Gasteiger partial charge on any atom is -0.350 e. The first kappa shape index (κ1) is 14.2. The van der Waals surface area contributed by atoms with Crippen LogP contribution in [0.3, 0.4) is 0 Å². The number of nitrogens with zero attached hydrogens (tertiary/aromatic N) is 1. The molecule has 1 amide bonds. The number of ketones is 1. The van der Waals surface area contributed by atoms with Crippen molar-refractivity contribution in [2.75, 3.05) is 19.6 Å². The molecule has 1 fully saturated rings. The maximum absolute atomic E-state index is 12.0. The molecule has 1 N–H and O–H groups in total. The summed E-state index contributed by atoms with van der Waals surface area (Å²) >= 11 is 1.26. The summed E-state index contributed by atoms with van der Waals surface area (Å²) in [5.74, 6) is -0.0713. The van der Waals surface area contributed by atoms with E-state index < -0.39 is 0 Å². The van der Waals surface area contributed by atoms with Gasteiger partial charge in [0, 0.05) is 12.6 Å². The summed E-state index contributed by atoms with van der Waals surface area (Å²) in [6, 6.07) is 3.81. The van der Waals surface area contributed by atoms with Gasteiger partial charge in [0.2, 0.25) is 0 Å². The second-order valence-corrected chi connectivity index (χ2v) is 6.11. The summed E-state index contributed by atoms with van der Waals surface area (Å²) in [5.41, 5.74) is 0. The standard InChI is InChI=1S/C14H20N2O2S/c1-10(16-7-3-4-8-16)9-15-14(18)13-6-5-12(19-13)11(2)17/h5-6,10H,3-4,7-9H2,1-2H3,(H,15,18)/t10-/m0/s1. The summed E-state index contributed by atoms with van der Waals surface area (Å²) in [6.07, 6.45) is 2.51. The van der Waals surface area contributed by atoms with Crippen molar-refractivity contribution in [3.05, 3.63) is 21.9 Å². The molecule has 0 unspecified atom stereocenters. The normalized spacial score (nSPS) is 17.4. The molecule has 5 heteroatoms. The van der Waals surface area contributed by atoms with Crippen LogP contribution in [0.15, 0.2) is 12.1 Å². The Morgan fingerprint density at radius 2 is 1.95 bits per heavy atom. The lowest BCUT2D eigenvalue weighted by Crippen LogP contribution is -2.40. The molecule has 1 aromatic heterocycles. The van der Waals surface area contributed by atoms with Crippen LogP contribution in [0.4, 0.5) is 0 Å². The van der Waals surface area contributed by atoms with Gasteiger partial charge in [-0.1, -0.05) is 0 Å². The number of thiophene rings is 1. The molecule has 0 aliphatic carbocycles. The van der Waals surface area contributed by atoms with Crippen LogP contribution in [-0.2, 0) is 0 Å². The molecule has 2 rings (SSSR count). The van der Waals surface area contributed by atoms with Crippen molar-refractivity contribution in [1.82, 2.24) is 10.2 Å². The minimum atomic E-state index is -0.0800. The van der Waals surface area contributed by atoms with E-state index in [1.54, 1.807) is 12.1 Å². The molecule has 0 spiro atoms. The van der Waals surface area contributed by atoms with Crippen molar-refractivity contribution in [3.63, 3.8) is 0 Å². The smallest absolute Gasteiger partial charge is 0.261 e. The number of hydrogen-bond acceptors (Lipinski definition) is 4. The van der Waals surface area contributed by atoms with E-state index in [0.717, 1.165) is 13.1 Å². The first-order valence-electron chi connectivity index (χ1n) is 6.71. The number of rotatable bonds is 5. The fourth-order valence-electron chi connectivity index (χ4n) is 2.29. The van der Waals surface area contributed by atoms with Gasteiger partial charge in [-0.05, 0) is 51.9 Å². The van der Waals surface area contributed by atoms with Gasteiger partial charge in [-0.25, -0.2) is 0 Å². The van der Waals surface area contributed by atoms with Gasteiger partial charge < -0.3 is 5.32 Å². The molecule has 104 valence electrons. The molecule has 1 aliphatic heterocycles. The molecule has 0 aromatic carbocycles. The van der Waals surface area contributed by atoms with Crippen LogP contribution >= 0.6 is 11.3 Å². The van der Waals surface area contributed by atoms with Crippen LogP contribution in [0.5, 0.6) is 0 Å². The zero-order chi connectivity index (χ0) is 13.8. The van der Waals surface area contributed by atoms with E-state index in [1.165, 1.54) is 31.1 Å². The second kappa shape index (κ2) is 6.30. The Morgan fingerprint density at radius 3 is 2.53 bits per heavy atom. The fourth-order valence-corrected chi connectivity index (χ4v) is 3.11. The number of nitrogens with one attached hydrogen (secondary N) is 1. The van der Waals surface area contributed by atoms with Gasteiger partial charge in [0.15, 0.2) is 5.78 Å². The molecule has 0 bridgehead atoms. The molecule has 0 saturated carbocycles. The Labute approximate surface area is 117 Å². The van der Waals surface area contributed by atoms with Crippen LogP contribution < -0.4 is 5.32 Å². The number of Topliss-reactive ketones (excluding diaryl/α,β-unsaturated/α-hetero) is 1. The van der Waals surface area contributed by atoms with Crippen molar-refractivity contribution in [3.8, 4) is 0 Å². The molecule has 2 heterocycles. The van der Waals surface area contributed by atoms with Crippen molar-refractivity contribution in [2.24, 2.45) is 0 Å². The van der Waals surface area contributed by atoms with E-state index in [0.29, 0.717) is 22.3 Å². The minimum absolute atomic E-state index is 0.00878. The third-order valence-corrected chi connectivity index (χ3v) is 4.68. The summed E-state index contributed by atoms with van der Waals surface area (Å²) in [7, 11) is 0. The van der Waals surface area contributed by atoms with Crippen molar-refractivity contribution in [2.45, 2.75) is 32.7 Å². The Kier molecular flexibility index (Phi) is 4.71. The topological polar surface area (TPSA) is 49.4 Å². The molecular weight excluding hydrogens is 260 g/mol. The van der Waals surface area contributed by atoms with Gasteiger partial charge >= 0.3 is 0 Å². The highest BCUT2D eigenvalue weighted by atomic mass is 32.1. The van der Waals surface area contributed by atoms with Gasteiger partial charge in [0.25, 0.3) is 5.91 Å². The third-order valence-electron chi connectivity index (χ3n) is 3.50. The third kappa shape index (κ3) is 3.64. The first-order valence-corrected chi connectivity index (χ1v) is 7.52. The average Bonchev–Trinajstić information content (AvgIpc) is 3.05. The van der Waals surface area contributed by atoms with E-state index in [-0.39, 0.29) is 11.7 Å². The van der Waals surface area contributed by atoms with Crippen molar-refractivity contribution in [1.29, 1.82) is 0 Å². The van der Waals surface area contributed by atoms with Gasteiger partial charge in [-0.2, -0.15) is 0 Å². The van der Waals surface area contributed by atoms with Crippen LogP contribution in [0.25, 0.3) is 0 Å². The van der Waals surface area contributed by atoms with Crippen LogP contribution in [0, 0.1) is 0 Å². The monoisotopic (exact) mass is 280 g/mol. The largest absolute Gasteiger partial charge is 0.350 e. The number of carbonyl (C=O) groups excluding carboxylic acids is 2. The molecule has 19 heavy (non-hydrogen) atoms.